The van der Waals surface area contributed by atoms with Crippen LogP contribution in [-0.4, -0.2) is 75.7 Å². The van der Waals surface area contributed by atoms with Gasteiger partial charge in [0, 0.05) is 0 Å². The van der Waals surface area contributed by atoms with Gasteiger partial charge in [-0.05, 0) is 78.6 Å². The van der Waals surface area contributed by atoms with Gasteiger partial charge in [-0.1, -0.05) is 0 Å². The van der Waals surface area contributed by atoms with E-state index >= 15 is 0 Å². The molecule has 5 atom stereocenters. The molecule has 1 heterocycles. The van der Waals surface area contributed by atoms with E-state index in [0.717, 1.165) is 0 Å². The fourth-order valence-corrected chi connectivity index (χ4v) is 6.95. The average molecular weight is 469 g/mol. The maximum atomic E-state index is 10.7. The highest BCUT2D eigenvalue weighted by Gasteiger charge is 2.52. The molecule has 1 saturated heterocycles. The van der Waals surface area contributed by atoms with Gasteiger partial charge in [0.05, 0.1) is 12.7 Å². The largest absolute Gasteiger partial charge is 0.415 e. The van der Waals surface area contributed by atoms with Gasteiger partial charge >= 0.3 is 0 Å². The van der Waals surface area contributed by atoms with E-state index in [2.05, 4.69) is 78.6 Å². The summed E-state index contributed by atoms with van der Waals surface area (Å²) in [6.07, 6.45) is -2.57. The van der Waals surface area contributed by atoms with E-state index in [1.54, 1.807) is 0 Å². The molecule has 0 amide bonds. The molecule has 168 valence electrons. The van der Waals surface area contributed by atoms with Crippen LogP contribution >= 0.6 is 0 Å². The van der Waals surface area contributed by atoms with Gasteiger partial charge in [0.1, 0.15) is 18.3 Å². The van der Waals surface area contributed by atoms with Crippen molar-refractivity contribution in [3.63, 3.8) is 0 Å². The Hall–Kier alpha value is 0.628. The van der Waals surface area contributed by atoms with Gasteiger partial charge in [-0.3, -0.25) is 0 Å². The Morgan fingerprint density at radius 3 is 1.57 bits per heavy atom. The van der Waals surface area contributed by atoms with Crippen LogP contribution in [0.4, 0.5) is 0 Å². The van der Waals surface area contributed by atoms with Crippen LogP contribution in [0.2, 0.25) is 78.6 Å². The first kappa shape index (κ1) is 26.7. The molecule has 6 nitrogen and oxygen atoms in total. The molecule has 10 heteroatoms. The fourth-order valence-electron chi connectivity index (χ4n) is 3.02. The Balaban J connectivity index is 3.18. The predicted molar refractivity (Wildman–Crippen MR) is 125 cm³/mol. The van der Waals surface area contributed by atoms with E-state index in [-0.39, 0.29) is 12.2 Å². The van der Waals surface area contributed by atoms with Crippen LogP contribution in [0.1, 0.15) is 0 Å². The molecule has 1 aliphatic heterocycles. The summed E-state index contributed by atoms with van der Waals surface area (Å²) in [4.78, 5) is 0. The summed E-state index contributed by atoms with van der Waals surface area (Å²) in [6.45, 7) is 26.2. The standard InChI is InChI=1S/C18H44O6Si4/c1-25(2,3)20-13-14(22-26(4,5)6)15-16(23-27(7,8)9)17(18(19)21-15)24-28(10,11)12/h14-19H,13H2,1-12H3/t14-,15+,16+,17-,18-/m1/s1. The van der Waals surface area contributed by atoms with Gasteiger partial charge in [0.15, 0.2) is 39.6 Å². The van der Waals surface area contributed by atoms with Crippen molar-refractivity contribution in [3.05, 3.63) is 0 Å². The van der Waals surface area contributed by atoms with E-state index in [1.165, 1.54) is 0 Å². The minimum atomic E-state index is -1.91. The maximum Gasteiger partial charge on any atom is 0.184 e. The summed E-state index contributed by atoms with van der Waals surface area (Å²) >= 11 is 0. The lowest BCUT2D eigenvalue weighted by molar-refractivity contribution is -0.144. The zero-order valence-electron chi connectivity index (χ0n) is 20.1. The molecule has 0 spiro atoms. The summed E-state index contributed by atoms with van der Waals surface area (Å²) in [6, 6.07) is 0. The number of rotatable bonds is 10. The SMILES string of the molecule is C[Si](C)(C)OC[C@@H](O[Si](C)(C)C)[C@@H]1O[C@@H](O)[C@H](O[Si](C)(C)C)[C@H]1O[Si](C)(C)C. The molecular formula is C18H44O6Si4. The van der Waals surface area contributed by atoms with Crippen molar-refractivity contribution < 1.29 is 27.5 Å². The minimum absolute atomic E-state index is 0.287. The molecule has 0 aliphatic carbocycles. The van der Waals surface area contributed by atoms with Crippen LogP contribution in [0.15, 0.2) is 0 Å². The highest BCUT2D eigenvalue weighted by Crippen LogP contribution is 2.33. The van der Waals surface area contributed by atoms with E-state index in [9.17, 15) is 5.11 Å². The summed E-state index contributed by atoms with van der Waals surface area (Å²) < 4.78 is 31.5. The first-order valence-corrected chi connectivity index (χ1v) is 23.9. The second-order valence-electron chi connectivity index (χ2n) is 11.6. The van der Waals surface area contributed by atoms with E-state index in [4.69, 9.17) is 22.4 Å². The molecule has 1 aliphatic rings. The monoisotopic (exact) mass is 468 g/mol. The lowest BCUT2D eigenvalue weighted by Crippen LogP contribution is -2.53. The first-order valence-electron chi connectivity index (χ1n) is 10.3. The molecule has 0 aromatic heterocycles. The highest BCUT2D eigenvalue weighted by molar-refractivity contribution is 6.71. The number of aliphatic hydroxyl groups is 1. The number of hydrogen-bond acceptors (Lipinski definition) is 6. The van der Waals surface area contributed by atoms with Crippen LogP contribution in [0, 0.1) is 0 Å². The lowest BCUT2D eigenvalue weighted by atomic mass is 10.1. The number of aliphatic hydroxyl groups excluding tert-OH is 1. The molecule has 0 aromatic carbocycles. The lowest BCUT2D eigenvalue weighted by Gasteiger charge is -2.37. The summed E-state index contributed by atoms with van der Waals surface area (Å²) in [5, 5.41) is 10.7. The normalized spacial score (nSPS) is 28.6. The van der Waals surface area contributed by atoms with Gasteiger partial charge in [0.2, 0.25) is 0 Å². The topological polar surface area (TPSA) is 66.4 Å². The molecule has 1 fully saturated rings. The smallest absolute Gasteiger partial charge is 0.184 e. The Labute approximate surface area is 176 Å². The maximum absolute atomic E-state index is 10.7. The Bertz CT molecular complexity index is 492. The summed E-state index contributed by atoms with van der Waals surface area (Å²) in [5.41, 5.74) is 0. The van der Waals surface area contributed by atoms with Gasteiger partial charge in [-0.15, -0.1) is 0 Å². The van der Waals surface area contributed by atoms with E-state index in [1.807, 2.05) is 0 Å². The van der Waals surface area contributed by atoms with Crippen molar-refractivity contribution >= 4 is 33.3 Å². The van der Waals surface area contributed by atoms with E-state index in [0.29, 0.717) is 6.61 Å². The second-order valence-corrected chi connectivity index (χ2v) is 29.5. The predicted octanol–water partition coefficient (Wildman–Crippen LogP) is 4.22. The number of ether oxygens (including phenoxy) is 1. The van der Waals surface area contributed by atoms with Crippen LogP contribution in [0.3, 0.4) is 0 Å². The van der Waals surface area contributed by atoms with Crippen LogP contribution in [0.25, 0.3) is 0 Å². The van der Waals surface area contributed by atoms with Gasteiger partial charge in [0.25, 0.3) is 0 Å². The molecular weight excluding hydrogens is 425 g/mol. The molecule has 0 unspecified atom stereocenters. The molecule has 1 N–H and O–H groups in total. The molecule has 0 radical (unpaired) electrons. The third-order valence-electron chi connectivity index (χ3n) is 3.76. The average Bonchev–Trinajstić information content (AvgIpc) is 2.66. The minimum Gasteiger partial charge on any atom is -0.415 e. The van der Waals surface area contributed by atoms with Crippen molar-refractivity contribution in [1.29, 1.82) is 0 Å². The fraction of sp³-hybridized carbons (Fsp3) is 1.00. The number of hydrogen-bond donors (Lipinski definition) is 1. The zero-order chi connectivity index (χ0) is 22.1. The highest BCUT2D eigenvalue weighted by atomic mass is 28.4. The first-order chi connectivity index (χ1) is 12.3. The van der Waals surface area contributed by atoms with Crippen molar-refractivity contribution in [1.82, 2.24) is 0 Å². The van der Waals surface area contributed by atoms with Crippen molar-refractivity contribution in [3.8, 4) is 0 Å². The molecule has 0 saturated carbocycles. The van der Waals surface area contributed by atoms with Crippen LogP contribution in [0.5, 0.6) is 0 Å². The quantitative estimate of drug-likeness (QED) is 0.484. The van der Waals surface area contributed by atoms with Crippen molar-refractivity contribution in [2.75, 3.05) is 6.61 Å². The Kier molecular flexibility index (Phi) is 8.96. The third kappa shape index (κ3) is 10.1. The van der Waals surface area contributed by atoms with Crippen molar-refractivity contribution in [2.24, 2.45) is 0 Å². The van der Waals surface area contributed by atoms with Gasteiger partial charge < -0.3 is 27.5 Å². The Morgan fingerprint density at radius 2 is 1.18 bits per heavy atom. The molecule has 28 heavy (non-hydrogen) atoms. The van der Waals surface area contributed by atoms with E-state index < -0.39 is 51.8 Å². The third-order valence-corrected chi connectivity index (χ3v) is 7.76. The molecule has 0 bridgehead atoms. The van der Waals surface area contributed by atoms with Crippen LogP contribution < -0.4 is 0 Å². The zero-order valence-corrected chi connectivity index (χ0v) is 24.1. The second kappa shape index (κ2) is 9.41. The molecule has 0 aromatic rings. The van der Waals surface area contributed by atoms with Gasteiger partial charge in [-0.2, -0.15) is 0 Å². The van der Waals surface area contributed by atoms with Crippen molar-refractivity contribution in [2.45, 2.75) is 109 Å². The van der Waals surface area contributed by atoms with Crippen LogP contribution in [-0.2, 0) is 22.4 Å². The summed E-state index contributed by atoms with van der Waals surface area (Å²) in [5.74, 6) is 0. The summed E-state index contributed by atoms with van der Waals surface area (Å²) in [7, 11) is -7.40. The Morgan fingerprint density at radius 1 is 0.714 bits per heavy atom. The molecule has 1 rings (SSSR count). The van der Waals surface area contributed by atoms with Gasteiger partial charge in [-0.25, -0.2) is 0 Å².